The molecule has 1 aliphatic carbocycles. The lowest BCUT2D eigenvalue weighted by atomic mass is 9.83. The molecule has 5 nitrogen and oxygen atoms in total. The first-order chi connectivity index (χ1) is 13.3. The number of amides is 2. The fourth-order valence-electron chi connectivity index (χ4n) is 3.99. The standard InChI is InChI=1S/C21H28Cl2N2O3/c1-4-14(3)24-19(26)18-12-28-21(9-7-13(2)8-10-21)25(18)20(27)15-5-6-16(22)17(23)11-15/h5-6,11,13-14,18H,4,7-10,12H2,1-3H3,(H,24,26)/t13?,14-,18+,21?/m0/s1. The highest BCUT2D eigenvalue weighted by Gasteiger charge is 2.53. The molecule has 1 spiro atoms. The summed E-state index contributed by atoms with van der Waals surface area (Å²) in [4.78, 5) is 28.1. The lowest BCUT2D eigenvalue weighted by Crippen LogP contribution is -2.57. The van der Waals surface area contributed by atoms with E-state index in [2.05, 4.69) is 12.2 Å². The van der Waals surface area contributed by atoms with Crippen LogP contribution in [-0.2, 0) is 9.53 Å². The van der Waals surface area contributed by atoms with Gasteiger partial charge in [0.2, 0.25) is 5.91 Å². The lowest BCUT2D eigenvalue weighted by molar-refractivity contribution is -0.128. The molecule has 154 valence electrons. The van der Waals surface area contributed by atoms with Crippen molar-refractivity contribution in [3.8, 4) is 0 Å². The number of carbonyl (C=O) groups excluding carboxylic acids is 2. The highest BCUT2D eigenvalue weighted by atomic mass is 35.5. The Morgan fingerprint density at radius 2 is 1.96 bits per heavy atom. The molecule has 2 amide bonds. The molecule has 7 heteroatoms. The minimum absolute atomic E-state index is 0.0392. The summed E-state index contributed by atoms with van der Waals surface area (Å²) in [6, 6.07) is 4.21. The molecule has 1 aromatic rings. The maximum atomic E-state index is 13.5. The average molecular weight is 427 g/mol. The van der Waals surface area contributed by atoms with Crippen molar-refractivity contribution in [1.29, 1.82) is 0 Å². The fourth-order valence-corrected chi connectivity index (χ4v) is 4.29. The average Bonchev–Trinajstić information content (AvgIpc) is 3.04. The van der Waals surface area contributed by atoms with E-state index in [0.717, 1.165) is 32.1 Å². The van der Waals surface area contributed by atoms with Gasteiger partial charge in [0, 0.05) is 11.6 Å². The van der Waals surface area contributed by atoms with Gasteiger partial charge < -0.3 is 10.1 Å². The van der Waals surface area contributed by atoms with Gasteiger partial charge in [-0.3, -0.25) is 14.5 Å². The molecule has 0 unspecified atom stereocenters. The molecule has 1 aromatic carbocycles. The number of nitrogens with one attached hydrogen (secondary N) is 1. The summed E-state index contributed by atoms with van der Waals surface area (Å²) in [6.07, 6.45) is 4.21. The maximum Gasteiger partial charge on any atom is 0.256 e. The van der Waals surface area contributed by atoms with Crippen LogP contribution in [0.3, 0.4) is 0 Å². The van der Waals surface area contributed by atoms with Crippen LogP contribution in [0.5, 0.6) is 0 Å². The molecule has 2 atom stereocenters. The maximum absolute atomic E-state index is 13.5. The first kappa shape index (κ1) is 21.4. The number of hydrogen-bond acceptors (Lipinski definition) is 3. The minimum atomic E-state index is -0.729. The molecule has 1 saturated heterocycles. The number of nitrogens with zero attached hydrogens (tertiary/aromatic N) is 1. The van der Waals surface area contributed by atoms with Crippen LogP contribution in [0, 0.1) is 5.92 Å². The van der Waals surface area contributed by atoms with Gasteiger partial charge >= 0.3 is 0 Å². The number of carbonyl (C=O) groups is 2. The smallest absolute Gasteiger partial charge is 0.256 e. The Balaban J connectivity index is 1.93. The van der Waals surface area contributed by atoms with Gasteiger partial charge in [0.25, 0.3) is 5.91 Å². The molecule has 0 radical (unpaired) electrons. The van der Waals surface area contributed by atoms with Crippen LogP contribution in [0.15, 0.2) is 18.2 Å². The Bertz CT molecular complexity index is 747. The Labute approximate surface area is 176 Å². The fraction of sp³-hybridized carbons (Fsp3) is 0.619. The van der Waals surface area contributed by atoms with Gasteiger partial charge in [-0.2, -0.15) is 0 Å². The van der Waals surface area contributed by atoms with E-state index in [1.807, 2.05) is 13.8 Å². The van der Waals surface area contributed by atoms with Crippen molar-refractivity contribution in [1.82, 2.24) is 10.2 Å². The minimum Gasteiger partial charge on any atom is -0.353 e. The number of ether oxygens (including phenoxy) is 1. The Kier molecular flexibility index (Phi) is 6.58. The van der Waals surface area contributed by atoms with Crippen molar-refractivity contribution in [2.24, 2.45) is 5.92 Å². The van der Waals surface area contributed by atoms with Crippen molar-refractivity contribution in [3.05, 3.63) is 33.8 Å². The number of benzene rings is 1. The van der Waals surface area contributed by atoms with Crippen LogP contribution < -0.4 is 5.32 Å². The molecule has 1 N–H and O–H groups in total. The molecular formula is C21H28Cl2N2O3. The highest BCUT2D eigenvalue weighted by molar-refractivity contribution is 6.42. The van der Waals surface area contributed by atoms with Gasteiger partial charge in [-0.25, -0.2) is 0 Å². The zero-order valence-corrected chi connectivity index (χ0v) is 18.1. The van der Waals surface area contributed by atoms with Crippen molar-refractivity contribution in [2.75, 3.05) is 6.61 Å². The SMILES string of the molecule is CC[C@H](C)NC(=O)[C@H]1COC2(CCC(C)CC2)N1C(=O)c1ccc(Cl)c(Cl)c1. The third-order valence-electron chi connectivity index (χ3n) is 6.01. The van der Waals surface area contributed by atoms with Crippen molar-refractivity contribution >= 4 is 35.0 Å². The summed E-state index contributed by atoms with van der Waals surface area (Å²) < 4.78 is 6.17. The number of hydrogen-bond donors (Lipinski definition) is 1. The molecule has 2 fully saturated rings. The molecule has 1 aliphatic heterocycles. The van der Waals surface area contributed by atoms with E-state index in [1.54, 1.807) is 23.1 Å². The second-order valence-corrected chi connectivity index (χ2v) is 8.89. The third-order valence-corrected chi connectivity index (χ3v) is 6.74. The van der Waals surface area contributed by atoms with Crippen molar-refractivity contribution in [3.63, 3.8) is 0 Å². The molecule has 2 aliphatic rings. The Morgan fingerprint density at radius 3 is 2.57 bits per heavy atom. The predicted molar refractivity (Wildman–Crippen MR) is 111 cm³/mol. The van der Waals surface area contributed by atoms with E-state index in [9.17, 15) is 9.59 Å². The molecule has 3 rings (SSSR count). The molecular weight excluding hydrogens is 399 g/mol. The van der Waals surface area contributed by atoms with Crippen LogP contribution in [0.2, 0.25) is 10.0 Å². The highest BCUT2D eigenvalue weighted by Crippen LogP contribution is 2.43. The molecule has 1 heterocycles. The summed E-state index contributed by atoms with van der Waals surface area (Å²) in [6.45, 7) is 6.39. The first-order valence-electron chi connectivity index (χ1n) is 10.0. The van der Waals surface area contributed by atoms with Crippen molar-refractivity contribution < 1.29 is 14.3 Å². The van der Waals surface area contributed by atoms with Gasteiger partial charge in [-0.1, -0.05) is 37.0 Å². The van der Waals surface area contributed by atoms with Gasteiger partial charge in [0.1, 0.15) is 11.8 Å². The number of rotatable bonds is 4. The lowest BCUT2D eigenvalue weighted by Gasteiger charge is -2.43. The van der Waals surface area contributed by atoms with E-state index < -0.39 is 11.8 Å². The third kappa shape index (κ3) is 4.17. The molecule has 0 aromatic heterocycles. The molecule has 1 saturated carbocycles. The van der Waals surface area contributed by atoms with E-state index in [1.165, 1.54) is 0 Å². The number of halogens is 2. The topological polar surface area (TPSA) is 58.6 Å². The first-order valence-corrected chi connectivity index (χ1v) is 10.8. The van der Waals surface area contributed by atoms with E-state index >= 15 is 0 Å². The van der Waals surface area contributed by atoms with E-state index in [4.69, 9.17) is 27.9 Å². The van der Waals surface area contributed by atoms with E-state index in [-0.39, 0.29) is 24.5 Å². The van der Waals surface area contributed by atoms with Gasteiger partial charge in [0.05, 0.1) is 16.7 Å². The van der Waals surface area contributed by atoms with Crippen LogP contribution in [0.25, 0.3) is 0 Å². The van der Waals surface area contributed by atoms with Crippen molar-refractivity contribution in [2.45, 2.75) is 70.7 Å². The van der Waals surface area contributed by atoms with Crippen LogP contribution >= 0.6 is 23.2 Å². The van der Waals surface area contributed by atoms with Crippen LogP contribution in [0.1, 0.15) is 63.2 Å². The summed E-state index contributed by atoms with van der Waals surface area (Å²) in [5.41, 5.74) is -0.313. The normalized spacial score (nSPS) is 28.4. The summed E-state index contributed by atoms with van der Waals surface area (Å²) in [5.74, 6) is 0.178. The van der Waals surface area contributed by atoms with Crippen LogP contribution in [-0.4, -0.2) is 41.1 Å². The summed E-state index contributed by atoms with van der Waals surface area (Å²) >= 11 is 12.1. The molecule has 0 bridgehead atoms. The second kappa shape index (κ2) is 8.60. The van der Waals surface area contributed by atoms with Gasteiger partial charge in [-0.15, -0.1) is 0 Å². The predicted octanol–water partition coefficient (Wildman–Crippen LogP) is 4.66. The largest absolute Gasteiger partial charge is 0.353 e. The second-order valence-electron chi connectivity index (χ2n) is 8.08. The zero-order valence-electron chi connectivity index (χ0n) is 16.6. The van der Waals surface area contributed by atoms with Crippen LogP contribution in [0.4, 0.5) is 0 Å². The zero-order chi connectivity index (χ0) is 20.5. The summed E-state index contributed by atoms with van der Waals surface area (Å²) in [7, 11) is 0. The Morgan fingerprint density at radius 1 is 1.29 bits per heavy atom. The van der Waals surface area contributed by atoms with E-state index in [0.29, 0.717) is 21.5 Å². The van der Waals surface area contributed by atoms with Gasteiger partial charge in [0.15, 0.2) is 0 Å². The monoisotopic (exact) mass is 426 g/mol. The quantitative estimate of drug-likeness (QED) is 0.761. The summed E-state index contributed by atoms with van der Waals surface area (Å²) in [5, 5.41) is 3.71. The Hall–Kier alpha value is -1.30. The van der Waals surface area contributed by atoms with Gasteiger partial charge in [-0.05, 0) is 63.1 Å². The molecule has 28 heavy (non-hydrogen) atoms.